The Bertz CT molecular complexity index is 453. The Balaban J connectivity index is 1.75. The van der Waals surface area contributed by atoms with E-state index >= 15 is 0 Å². The Labute approximate surface area is 118 Å². The van der Waals surface area contributed by atoms with E-state index in [0.29, 0.717) is 24.6 Å². The van der Waals surface area contributed by atoms with Crippen molar-refractivity contribution in [3.63, 3.8) is 0 Å². The fourth-order valence-corrected chi connectivity index (χ4v) is 2.55. The molecule has 1 aliphatic heterocycles. The van der Waals surface area contributed by atoms with Gasteiger partial charge < -0.3 is 15.3 Å². The highest BCUT2D eigenvalue weighted by molar-refractivity contribution is 5.90. The molecular formula is C15H21FN2O2. The van der Waals surface area contributed by atoms with E-state index in [4.69, 9.17) is 5.11 Å². The Morgan fingerprint density at radius 3 is 3.10 bits per heavy atom. The largest absolute Gasteiger partial charge is 0.396 e. The minimum Gasteiger partial charge on any atom is -0.396 e. The van der Waals surface area contributed by atoms with Crippen LogP contribution in [0, 0.1) is 11.7 Å². The van der Waals surface area contributed by atoms with Gasteiger partial charge in [-0.3, -0.25) is 4.79 Å². The minimum atomic E-state index is -0.357. The highest BCUT2D eigenvalue weighted by atomic mass is 19.1. The summed E-state index contributed by atoms with van der Waals surface area (Å²) in [5.74, 6) is -0.138. The summed E-state index contributed by atoms with van der Waals surface area (Å²) in [4.78, 5) is 14.0. The number of carbonyl (C=O) groups excluding carboxylic acids is 1. The van der Waals surface area contributed by atoms with Crippen molar-refractivity contribution in [2.75, 3.05) is 31.6 Å². The first-order valence-electron chi connectivity index (χ1n) is 7.06. The zero-order valence-electron chi connectivity index (χ0n) is 11.5. The maximum atomic E-state index is 13.0. The van der Waals surface area contributed by atoms with Crippen LogP contribution < -0.4 is 5.32 Å². The van der Waals surface area contributed by atoms with Gasteiger partial charge in [-0.05, 0) is 43.5 Å². The summed E-state index contributed by atoms with van der Waals surface area (Å²) < 4.78 is 13.0. The molecule has 0 aliphatic carbocycles. The highest BCUT2D eigenvalue weighted by Gasteiger charge is 2.19. The summed E-state index contributed by atoms with van der Waals surface area (Å²) in [6.07, 6.45) is 2.51. The minimum absolute atomic E-state index is 0.110. The summed E-state index contributed by atoms with van der Waals surface area (Å²) in [5.41, 5.74) is 0.488. The highest BCUT2D eigenvalue weighted by Crippen LogP contribution is 2.16. The number of nitrogens with one attached hydrogen (secondary N) is 1. The van der Waals surface area contributed by atoms with Crippen LogP contribution in [0.15, 0.2) is 24.3 Å². The van der Waals surface area contributed by atoms with Crippen molar-refractivity contribution >= 4 is 11.6 Å². The third-order valence-electron chi connectivity index (χ3n) is 3.62. The number of anilines is 1. The molecule has 4 nitrogen and oxygen atoms in total. The van der Waals surface area contributed by atoms with Gasteiger partial charge in [-0.1, -0.05) is 6.07 Å². The average Bonchev–Trinajstić information content (AvgIpc) is 2.45. The smallest absolute Gasteiger partial charge is 0.225 e. The molecule has 110 valence electrons. The van der Waals surface area contributed by atoms with Gasteiger partial charge in [-0.15, -0.1) is 0 Å². The van der Waals surface area contributed by atoms with Crippen LogP contribution in [0.2, 0.25) is 0 Å². The Kier molecular flexibility index (Phi) is 5.49. The molecule has 1 unspecified atom stereocenters. The van der Waals surface area contributed by atoms with E-state index < -0.39 is 0 Å². The maximum Gasteiger partial charge on any atom is 0.225 e. The van der Waals surface area contributed by atoms with Crippen molar-refractivity contribution in [2.24, 2.45) is 5.92 Å². The lowest BCUT2D eigenvalue weighted by Gasteiger charge is -2.31. The molecule has 0 bridgehead atoms. The first-order chi connectivity index (χ1) is 9.67. The Morgan fingerprint density at radius 2 is 2.35 bits per heavy atom. The number of aliphatic hydroxyl groups is 1. The standard InChI is InChI=1S/C15H21FN2O2/c16-13-4-1-5-14(9-13)17-15(20)6-8-18-7-2-3-12(10-18)11-19/h1,4-5,9,12,19H,2-3,6-8,10-11H2,(H,17,20). The van der Waals surface area contributed by atoms with Gasteiger partial charge in [0.1, 0.15) is 5.82 Å². The number of carbonyl (C=O) groups is 1. The van der Waals surface area contributed by atoms with Gasteiger partial charge in [0.05, 0.1) is 0 Å². The van der Waals surface area contributed by atoms with E-state index in [1.165, 1.54) is 12.1 Å². The van der Waals surface area contributed by atoms with E-state index in [0.717, 1.165) is 25.9 Å². The summed E-state index contributed by atoms with van der Waals surface area (Å²) in [5, 5.41) is 11.9. The molecule has 2 rings (SSSR count). The van der Waals surface area contributed by atoms with Crippen molar-refractivity contribution in [1.29, 1.82) is 0 Å². The van der Waals surface area contributed by atoms with E-state index in [2.05, 4.69) is 10.2 Å². The van der Waals surface area contributed by atoms with Gasteiger partial charge in [0.15, 0.2) is 0 Å². The van der Waals surface area contributed by atoms with E-state index in [9.17, 15) is 9.18 Å². The van der Waals surface area contributed by atoms with Gasteiger partial charge >= 0.3 is 0 Å². The van der Waals surface area contributed by atoms with Crippen LogP contribution in [0.4, 0.5) is 10.1 Å². The van der Waals surface area contributed by atoms with Gasteiger partial charge in [0.25, 0.3) is 0 Å². The van der Waals surface area contributed by atoms with Crippen molar-refractivity contribution in [1.82, 2.24) is 4.90 Å². The van der Waals surface area contributed by atoms with E-state index in [1.807, 2.05) is 0 Å². The second-order valence-electron chi connectivity index (χ2n) is 5.30. The number of benzene rings is 1. The molecule has 1 aromatic rings. The molecule has 1 aromatic carbocycles. The normalized spacial score (nSPS) is 19.8. The predicted octanol–water partition coefficient (Wildman–Crippen LogP) is 1.86. The first-order valence-corrected chi connectivity index (χ1v) is 7.06. The quantitative estimate of drug-likeness (QED) is 0.865. The number of aliphatic hydroxyl groups excluding tert-OH is 1. The Morgan fingerprint density at radius 1 is 1.50 bits per heavy atom. The zero-order chi connectivity index (χ0) is 14.4. The lowest BCUT2D eigenvalue weighted by atomic mass is 9.99. The van der Waals surface area contributed by atoms with Crippen molar-refractivity contribution in [3.05, 3.63) is 30.1 Å². The fraction of sp³-hybridized carbons (Fsp3) is 0.533. The number of hydrogen-bond acceptors (Lipinski definition) is 3. The number of amides is 1. The van der Waals surface area contributed by atoms with E-state index in [1.54, 1.807) is 12.1 Å². The lowest BCUT2D eigenvalue weighted by molar-refractivity contribution is -0.116. The van der Waals surface area contributed by atoms with Crippen LogP contribution >= 0.6 is 0 Å². The molecule has 5 heteroatoms. The number of likely N-dealkylation sites (tertiary alicyclic amines) is 1. The number of nitrogens with zero attached hydrogens (tertiary/aromatic N) is 1. The van der Waals surface area contributed by atoms with E-state index in [-0.39, 0.29) is 18.3 Å². The van der Waals surface area contributed by atoms with Crippen LogP contribution in [0.1, 0.15) is 19.3 Å². The number of rotatable bonds is 5. The molecule has 20 heavy (non-hydrogen) atoms. The molecule has 0 radical (unpaired) electrons. The van der Waals surface area contributed by atoms with Gasteiger partial charge in [0, 0.05) is 31.8 Å². The Hall–Kier alpha value is -1.46. The molecule has 1 aliphatic rings. The molecule has 1 amide bonds. The monoisotopic (exact) mass is 280 g/mol. The summed E-state index contributed by atoms with van der Waals surface area (Å²) in [6, 6.07) is 5.89. The fourth-order valence-electron chi connectivity index (χ4n) is 2.55. The van der Waals surface area contributed by atoms with Crippen LogP contribution in [-0.4, -0.2) is 42.2 Å². The van der Waals surface area contributed by atoms with Gasteiger partial charge in [-0.25, -0.2) is 4.39 Å². The van der Waals surface area contributed by atoms with Crippen LogP contribution in [-0.2, 0) is 4.79 Å². The first kappa shape index (κ1) is 14.9. The SMILES string of the molecule is O=C(CCN1CCCC(CO)C1)Nc1cccc(F)c1. The maximum absolute atomic E-state index is 13.0. The van der Waals surface area contributed by atoms with Crippen LogP contribution in [0.25, 0.3) is 0 Å². The van der Waals surface area contributed by atoms with Crippen molar-refractivity contribution in [3.8, 4) is 0 Å². The third-order valence-corrected chi connectivity index (χ3v) is 3.62. The predicted molar refractivity (Wildman–Crippen MR) is 75.9 cm³/mol. The molecule has 1 atom stereocenters. The lowest BCUT2D eigenvalue weighted by Crippen LogP contribution is -2.38. The molecule has 1 saturated heterocycles. The molecule has 1 fully saturated rings. The van der Waals surface area contributed by atoms with Crippen molar-refractivity contribution in [2.45, 2.75) is 19.3 Å². The zero-order valence-corrected chi connectivity index (χ0v) is 11.5. The van der Waals surface area contributed by atoms with Crippen LogP contribution in [0.5, 0.6) is 0 Å². The average molecular weight is 280 g/mol. The molecule has 0 aromatic heterocycles. The second kappa shape index (κ2) is 7.36. The molecule has 0 saturated carbocycles. The van der Waals surface area contributed by atoms with Crippen LogP contribution in [0.3, 0.4) is 0 Å². The number of hydrogen-bond donors (Lipinski definition) is 2. The number of piperidine rings is 1. The number of halogens is 1. The third kappa shape index (κ3) is 4.58. The second-order valence-corrected chi connectivity index (χ2v) is 5.30. The van der Waals surface area contributed by atoms with Crippen molar-refractivity contribution < 1.29 is 14.3 Å². The molecule has 1 heterocycles. The molecule has 0 spiro atoms. The van der Waals surface area contributed by atoms with Gasteiger partial charge in [0.2, 0.25) is 5.91 Å². The topological polar surface area (TPSA) is 52.6 Å². The summed E-state index contributed by atoms with van der Waals surface area (Å²) in [7, 11) is 0. The van der Waals surface area contributed by atoms with Gasteiger partial charge in [-0.2, -0.15) is 0 Å². The summed E-state index contributed by atoms with van der Waals surface area (Å²) >= 11 is 0. The summed E-state index contributed by atoms with van der Waals surface area (Å²) in [6.45, 7) is 2.72. The molecular weight excluding hydrogens is 259 g/mol. The molecule has 2 N–H and O–H groups in total.